The highest BCUT2D eigenvalue weighted by atomic mass is 16.6. The summed E-state index contributed by atoms with van der Waals surface area (Å²) in [6.45, 7) is 6.86. The number of fused-ring (bicyclic) bond motifs is 1. The van der Waals surface area contributed by atoms with Crippen molar-refractivity contribution >= 4 is 16.5 Å². The van der Waals surface area contributed by atoms with Gasteiger partial charge in [0.15, 0.2) is 11.6 Å². The molecular formula is C20H18N4O2. The van der Waals surface area contributed by atoms with E-state index in [0.29, 0.717) is 24.8 Å². The van der Waals surface area contributed by atoms with E-state index >= 15 is 0 Å². The van der Waals surface area contributed by atoms with Crippen LogP contribution in [0.15, 0.2) is 73.4 Å². The average Bonchev–Trinajstić information content (AvgIpc) is 3.21. The Morgan fingerprint density at radius 1 is 1.27 bits per heavy atom. The minimum Gasteiger partial charge on any atom is -0.491 e. The quantitative estimate of drug-likeness (QED) is 0.675. The van der Waals surface area contributed by atoms with Gasteiger partial charge in [0.05, 0.1) is 11.8 Å². The Morgan fingerprint density at radius 3 is 2.92 bits per heavy atom. The smallest absolute Gasteiger partial charge is 0.159 e. The zero-order valence-corrected chi connectivity index (χ0v) is 14.4. The Bertz CT molecular complexity index is 1020. The molecule has 0 atom stereocenters. The normalized spacial score (nSPS) is 14.9. The third-order valence-corrected chi connectivity index (χ3v) is 4.14. The molecule has 0 N–H and O–H groups in total. The number of imidazole rings is 1. The Balaban J connectivity index is 1.72. The zero-order valence-electron chi connectivity index (χ0n) is 14.4. The summed E-state index contributed by atoms with van der Waals surface area (Å²) in [6, 6.07) is 6.01. The largest absolute Gasteiger partial charge is 0.491 e. The minimum atomic E-state index is 0.531. The van der Waals surface area contributed by atoms with Crippen molar-refractivity contribution in [2.45, 2.75) is 6.92 Å². The summed E-state index contributed by atoms with van der Waals surface area (Å²) in [5.74, 6) is 2.03. The van der Waals surface area contributed by atoms with Crippen LogP contribution in [0.25, 0.3) is 22.2 Å². The van der Waals surface area contributed by atoms with E-state index in [1.165, 1.54) is 0 Å². The van der Waals surface area contributed by atoms with Crippen LogP contribution in [-0.2, 0) is 9.47 Å². The van der Waals surface area contributed by atoms with Crippen molar-refractivity contribution in [2.75, 3.05) is 13.2 Å². The standard InChI is InChI=1S/C20H18N4O2/c1-3-15(11-19-14(2)25-8-9-26-19)20-22-12-16-10-17(4-5-18(16)23-20)24-7-6-21-13-24/h3-7,10-13H,1,8-9H2,2H3/b15-11+. The lowest BCUT2D eigenvalue weighted by Gasteiger charge is -2.18. The number of benzene rings is 1. The molecule has 0 fully saturated rings. The van der Waals surface area contributed by atoms with Gasteiger partial charge in [-0.2, -0.15) is 0 Å². The van der Waals surface area contributed by atoms with Crippen LogP contribution in [0.3, 0.4) is 0 Å². The van der Waals surface area contributed by atoms with Gasteiger partial charge in [-0.15, -0.1) is 0 Å². The number of aromatic nitrogens is 4. The summed E-state index contributed by atoms with van der Waals surface area (Å²) in [5.41, 5.74) is 2.66. The van der Waals surface area contributed by atoms with Gasteiger partial charge in [0, 0.05) is 35.2 Å². The van der Waals surface area contributed by atoms with Gasteiger partial charge in [0.1, 0.15) is 19.0 Å². The first kappa shape index (κ1) is 16.1. The molecule has 0 saturated heterocycles. The average molecular weight is 346 g/mol. The Labute approximate surface area is 151 Å². The van der Waals surface area contributed by atoms with Crippen LogP contribution in [0, 0.1) is 0 Å². The summed E-state index contributed by atoms with van der Waals surface area (Å²) in [6.07, 6.45) is 10.8. The lowest BCUT2D eigenvalue weighted by Crippen LogP contribution is -2.11. The molecule has 1 aliphatic rings. The second-order valence-electron chi connectivity index (χ2n) is 5.83. The molecule has 4 rings (SSSR count). The first-order valence-corrected chi connectivity index (χ1v) is 8.31. The first-order chi connectivity index (χ1) is 12.7. The van der Waals surface area contributed by atoms with Gasteiger partial charge in [0.25, 0.3) is 0 Å². The molecule has 0 amide bonds. The highest BCUT2D eigenvalue weighted by Gasteiger charge is 2.12. The highest BCUT2D eigenvalue weighted by molar-refractivity contribution is 5.82. The predicted molar refractivity (Wildman–Crippen MR) is 99.4 cm³/mol. The van der Waals surface area contributed by atoms with Crippen molar-refractivity contribution < 1.29 is 9.47 Å². The molecule has 26 heavy (non-hydrogen) atoms. The van der Waals surface area contributed by atoms with Crippen molar-refractivity contribution in [3.8, 4) is 5.69 Å². The van der Waals surface area contributed by atoms with Crippen LogP contribution in [-0.4, -0.2) is 32.7 Å². The molecule has 1 aliphatic heterocycles. The third kappa shape index (κ3) is 3.09. The fraction of sp³-hybridized carbons (Fsp3) is 0.150. The van der Waals surface area contributed by atoms with Gasteiger partial charge in [0.2, 0.25) is 0 Å². The number of hydrogen-bond donors (Lipinski definition) is 0. The maximum absolute atomic E-state index is 5.65. The van der Waals surface area contributed by atoms with Crippen molar-refractivity contribution in [1.82, 2.24) is 19.5 Å². The van der Waals surface area contributed by atoms with Gasteiger partial charge in [-0.3, -0.25) is 0 Å². The lowest BCUT2D eigenvalue weighted by molar-refractivity contribution is 0.0709. The van der Waals surface area contributed by atoms with Crippen LogP contribution in [0.4, 0.5) is 0 Å². The van der Waals surface area contributed by atoms with E-state index in [0.717, 1.165) is 27.9 Å². The molecule has 6 nitrogen and oxygen atoms in total. The molecule has 3 heterocycles. The maximum atomic E-state index is 5.65. The molecular weight excluding hydrogens is 328 g/mol. The van der Waals surface area contributed by atoms with Gasteiger partial charge < -0.3 is 14.0 Å². The van der Waals surface area contributed by atoms with Crippen LogP contribution in [0.5, 0.6) is 0 Å². The summed E-state index contributed by atoms with van der Waals surface area (Å²) in [7, 11) is 0. The molecule has 1 aromatic carbocycles. The van der Waals surface area contributed by atoms with E-state index in [-0.39, 0.29) is 0 Å². The molecule has 0 bridgehead atoms. The van der Waals surface area contributed by atoms with E-state index in [1.54, 1.807) is 18.6 Å². The third-order valence-electron chi connectivity index (χ3n) is 4.14. The fourth-order valence-corrected chi connectivity index (χ4v) is 2.75. The second-order valence-corrected chi connectivity index (χ2v) is 5.83. The summed E-state index contributed by atoms with van der Waals surface area (Å²) in [4.78, 5) is 13.2. The van der Waals surface area contributed by atoms with E-state index in [4.69, 9.17) is 9.47 Å². The van der Waals surface area contributed by atoms with E-state index in [2.05, 4.69) is 21.5 Å². The predicted octanol–water partition coefficient (Wildman–Crippen LogP) is 3.66. The van der Waals surface area contributed by atoms with Crippen molar-refractivity contribution in [1.29, 1.82) is 0 Å². The van der Waals surface area contributed by atoms with Gasteiger partial charge in [-0.05, 0) is 31.2 Å². The van der Waals surface area contributed by atoms with Crippen molar-refractivity contribution in [3.63, 3.8) is 0 Å². The Kier molecular flexibility index (Phi) is 4.23. The number of nitrogens with zero attached hydrogens (tertiary/aromatic N) is 4. The molecule has 0 aliphatic carbocycles. The monoisotopic (exact) mass is 346 g/mol. The number of ether oxygens (including phenoxy) is 2. The first-order valence-electron chi connectivity index (χ1n) is 8.31. The molecule has 3 aromatic rings. The lowest BCUT2D eigenvalue weighted by atomic mass is 10.1. The zero-order chi connectivity index (χ0) is 17.9. The molecule has 0 unspecified atom stereocenters. The topological polar surface area (TPSA) is 62.1 Å². The Morgan fingerprint density at radius 2 is 2.15 bits per heavy atom. The van der Waals surface area contributed by atoms with Crippen LogP contribution in [0.2, 0.25) is 0 Å². The van der Waals surface area contributed by atoms with E-state index < -0.39 is 0 Å². The van der Waals surface area contributed by atoms with E-state index in [9.17, 15) is 0 Å². The molecule has 130 valence electrons. The van der Waals surface area contributed by atoms with Gasteiger partial charge >= 0.3 is 0 Å². The van der Waals surface area contributed by atoms with Crippen LogP contribution in [0.1, 0.15) is 12.7 Å². The van der Waals surface area contributed by atoms with Crippen molar-refractivity contribution in [3.05, 3.63) is 79.2 Å². The molecule has 0 radical (unpaired) electrons. The molecule has 0 spiro atoms. The molecule has 0 saturated carbocycles. The highest BCUT2D eigenvalue weighted by Crippen LogP contribution is 2.22. The molecule has 6 heteroatoms. The number of hydrogen-bond acceptors (Lipinski definition) is 5. The Hall–Kier alpha value is -3.41. The fourth-order valence-electron chi connectivity index (χ4n) is 2.75. The van der Waals surface area contributed by atoms with Crippen molar-refractivity contribution in [2.24, 2.45) is 0 Å². The second kappa shape index (κ2) is 6.84. The summed E-state index contributed by atoms with van der Waals surface area (Å²) in [5, 5.41) is 0.955. The summed E-state index contributed by atoms with van der Waals surface area (Å²) < 4.78 is 13.1. The minimum absolute atomic E-state index is 0.531. The molecule has 2 aromatic heterocycles. The maximum Gasteiger partial charge on any atom is 0.159 e. The van der Waals surface area contributed by atoms with Gasteiger partial charge in [-0.1, -0.05) is 12.7 Å². The number of rotatable bonds is 4. The van der Waals surface area contributed by atoms with Crippen LogP contribution >= 0.6 is 0 Å². The van der Waals surface area contributed by atoms with E-state index in [1.807, 2.05) is 48.2 Å². The van der Waals surface area contributed by atoms with Crippen LogP contribution < -0.4 is 0 Å². The summed E-state index contributed by atoms with van der Waals surface area (Å²) >= 11 is 0. The van der Waals surface area contributed by atoms with Gasteiger partial charge in [-0.25, -0.2) is 15.0 Å². The SMILES string of the molecule is C=C/C(=C\C1=C(C)OCCO1)c1ncc2cc(-n3ccnc3)ccc2n1. The number of allylic oxidation sites excluding steroid dienone is 4.